The Morgan fingerprint density at radius 3 is 2.53 bits per heavy atom. The van der Waals surface area contributed by atoms with Gasteiger partial charge in [-0.2, -0.15) is 5.11 Å². The van der Waals surface area contributed by atoms with Crippen LogP contribution >= 0.6 is 0 Å². The molecule has 1 heterocycles. The fourth-order valence-corrected chi connectivity index (χ4v) is 2.89. The summed E-state index contributed by atoms with van der Waals surface area (Å²) in [5, 5.41) is 8.76. The van der Waals surface area contributed by atoms with E-state index in [0.29, 0.717) is 6.42 Å². The Balaban J connectivity index is 1.77. The molecule has 1 aromatic rings. The van der Waals surface area contributed by atoms with E-state index in [1.54, 1.807) is 7.11 Å². The predicted molar refractivity (Wildman–Crippen MR) is 71.6 cm³/mol. The molecular formula is C15H20N2O2. The van der Waals surface area contributed by atoms with E-state index >= 15 is 0 Å². The third-order valence-corrected chi connectivity index (χ3v) is 3.96. The molecule has 0 bridgehead atoms. The molecule has 102 valence electrons. The largest absolute Gasteiger partial charge is 0.333 e. The van der Waals surface area contributed by atoms with Crippen molar-refractivity contribution in [1.29, 1.82) is 0 Å². The maximum atomic E-state index is 6.18. The minimum atomic E-state index is -0.932. The summed E-state index contributed by atoms with van der Waals surface area (Å²) in [6.07, 6.45) is 6.09. The first kappa shape index (κ1) is 12.8. The van der Waals surface area contributed by atoms with Crippen molar-refractivity contribution in [1.82, 2.24) is 0 Å². The number of ether oxygens (including phenoxy) is 2. The molecule has 0 N–H and O–H groups in total. The topological polar surface area (TPSA) is 43.2 Å². The van der Waals surface area contributed by atoms with Crippen LogP contribution in [0.3, 0.4) is 0 Å². The lowest BCUT2D eigenvalue weighted by molar-refractivity contribution is -0.252. The molecule has 2 aliphatic rings. The van der Waals surface area contributed by atoms with Gasteiger partial charge in [-0.25, -0.2) is 0 Å². The van der Waals surface area contributed by atoms with E-state index in [0.717, 1.165) is 31.2 Å². The fraction of sp³-hybridized carbons (Fsp3) is 0.600. The summed E-state index contributed by atoms with van der Waals surface area (Å²) in [6, 6.07) is 10.2. The van der Waals surface area contributed by atoms with Gasteiger partial charge in [-0.15, -0.1) is 5.11 Å². The van der Waals surface area contributed by atoms with Crippen LogP contribution in [0.4, 0.5) is 0 Å². The summed E-state index contributed by atoms with van der Waals surface area (Å²) in [6.45, 7) is 0. The van der Waals surface area contributed by atoms with Crippen LogP contribution in [-0.2, 0) is 15.9 Å². The molecule has 0 saturated heterocycles. The molecule has 1 aromatic carbocycles. The van der Waals surface area contributed by atoms with Crippen LogP contribution in [0.15, 0.2) is 40.6 Å². The lowest BCUT2D eigenvalue weighted by Gasteiger charge is -2.33. The molecule has 4 heteroatoms. The number of hydrogen-bond acceptors (Lipinski definition) is 4. The maximum absolute atomic E-state index is 6.18. The molecule has 0 amide bonds. The average Bonchev–Trinajstić information content (AvgIpc) is 2.80. The quantitative estimate of drug-likeness (QED) is 0.832. The summed E-state index contributed by atoms with van der Waals surface area (Å²) in [5.74, 6) is -0.932. The number of hydrogen-bond donors (Lipinski definition) is 0. The highest BCUT2D eigenvalue weighted by Gasteiger charge is 2.49. The molecule has 1 spiro atoms. The van der Waals surface area contributed by atoms with E-state index in [2.05, 4.69) is 22.4 Å². The monoisotopic (exact) mass is 260 g/mol. The molecule has 1 fully saturated rings. The minimum absolute atomic E-state index is 0.428. The molecule has 0 radical (unpaired) electrons. The third-order valence-electron chi connectivity index (χ3n) is 3.96. The fourth-order valence-electron chi connectivity index (χ4n) is 2.89. The maximum Gasteiger partial charge on any atom is 0.293 e. The van der Waals surface area contributed by atoms with Gasteiger partial charge in [-0.05, 0) is 31.2 Å². The number of rotatable bonds is 3. The smallest absolute Gasteiger partial charge is 0.293 e. The average molecular weight is 260 g/mol. The Bertz CT molecular complexity index is 454. The van der Waals surface area contributed by atoms with Crippen LogP contribution in [0.2, 0.25) is 0 Å². The highest BCUT2D eigenvalue weighted by atomic mass is 16.7. The van der Waals surface area contributed by atoms with Gasteiger partial charge in [0.15, 0.2) is 5.72 Å². The van der Waals surface area contributed by atoms with Gasteiger partial charge in [0.05, 0.1) is 6.42 Å². The van der Waals surface area contributed by atoms with E-state index in [-0.39, 0.29) is 0 Å². The zero-order valence-corrected chi connectivity index (χ0v) is 11.3. The lowest BCUT2D eigenvalue weighted by atomic mass is 9.92. The Morgan fingerprint density at radius 2 is 1.84 bits per heavy atom. The van der Waals surface area contributed by atoms with Gasteiger partial charge in [0.25, 0.3) is 5.91 Å². The van der Waals surface area contributed by atoms with Crippen LogP contribution in [0.5, 0.6) is 0 Å². The number of nitrogens with zero attached hydrogens (tertiary/aromatic N) is 2. The summed E-state index contributed by atoms with van der Waals surface area (Å²) in [5.41, 5.74) is 0.722. The molecule has 1 aliphatic carbocycles. The van der Waals surface area contributed by atoms with Crippen LogP contribution < -0.4 is 0 Å². The normalized spacial score (nSPS) is 28.9. The summed E-state index contributed by atoms with van der Waals surface area (Å²) >= 11 is 0. The van der Waals surface area contributed by atoms with Crippen LogP contribution in [0, 0.1) is 0 Å². The highest BCUT2D eigenvalue weighted by Crippen LogP contribution is 2.43. The van der Waals surface area contributed by atoms with Crippen molar-refractivity contribution in [3.05, 3.63) is 35.9 Å². The van der Waals surface area contributed by atoms with Gasteiger partial charge in [0, 0.05) is 7.11 Å². The second-order valence-electron chi connectivity index (χ2n) is 5.39. The molecule has 1 atom stereocenters. The van der Waals surface area contributed by atoms with Crippen molar-refractivity contribution in [2.45, 2.75) is 50.2 Å². The van der Waals surface area contributed by atoms with Crippen molar-refractivity contribution in [3.63, 3.8) is 0 Å². The van der Waals surface area contributed by atoms with E-state index in [4.69, 9.17) is 9.47 Å². The van der Waals surface area contributed by atoms with Gasteiger partial charge >= 0.3 is 0 Å². The zero-order valence-electron chi connectivity index (χ0n) is 11.3. The standard InChI is InChI=1S/C15H20N2O2/c1-18-15(12-13-8-4-2-5-9-13)17-16-14(19-15)10-6-3-7-11-14/h2,4-5,8-9H,3,6-7,10-12H2,1H3. The van der Waals surface area contributed by atoms with Gasteiger partial charge in [0.2, 0.25) is 0 Å². The van der Waals surface area contributed by atoms with Crippen LogP contribution in [-0.4, -0.2) is 18.7 Å². The molecule has 1 unspecified atom stereocenters. The molecule has 0 aromatic heterocycles. The highest BCUT2D eigenvalue weighted by molar-refractivity contribution is 5.16. The van der Waals surface area contributed by atoms with Crippen molar-refractivity contribution in [3.8, 4) is 0 Å². The minimum Gasteiger partial charge on any atom is -0.333 e. The Hall–Kier alpha value is -1.26. The van der Waals surface area contributed by atoms with Crippen molar-refractivity contribution >= 4 is 0 Å². The third kappa shape index (κ3) is 2.55. The first-order valence-electron chi connectivity index (χ1n) is 6.99. The summed E-state index contributed by atoms with van der Waals surface area (Å²) < 4.78 is 11.7. The van der Waals surface area contributed by atoms with Crippen molar-refractivity contribution in [2.75, 3.05) is 7.11 Å². The number of methoxy groups -OCH3 is 1. The predicted octanol–water partition coefficient (Wildman–Crippen LogP) is 3.67. The SMILES string of the molecule is COC1(Cc2ccccc2)N=NC2(CCCCC2)O1. The molecule has 3 rings (SSSR count). The molecule has 1 aliphatic heterocycles. The summed E-state index contributed by atoms with van der Waals surface area (Å²) in [4.78, 5) is 0. The van der Waals surface area contributed by atoms with Gasteiger partial charge < -0.3 is 4.74 Å². The van der Waals surface area contributed by atoms with Gasteiger partial charge in [-0.3, -0.25) is 4.74 Å². The van der Waals surface area contributed by atoms with Crippen LogP contribution in [0.25, 0.3) is 0 Å². The molecule has 1 saturated carbocycles. The van der Waals surface area contributed by atoms with E-state index < -0.39 is 11.6 Å². The van der Waals surface area contributed by atoms with Gasteiger partial charge in [0.1, 0.15) is 0 Å². The number of azo groups is 1. The number of benzene rings is 1. The van der Waals surface area contributed by atoms with Crippen molar-refractivity contribution < 1.29 is 9.47 Å². The second-order valence-corrected chi connectivity index (χ2v) is 5.39. The Kier molecular flexibility index (Phi) is 3.37. The summed E-state index contributed by atoms with van der Waals surface area (Å²) in [7, 11) is 1.64. The van der Waals surface area contributed by atoms with Crippen LogP contribution in [0.1, 0.15) is 37.7 Å². The molecular weight excluding hydrogens is 240 g/mol. The van der Waals surface area contributed by atoms with E-state index in [1.165, 1.54) is 6.42 Å². The van der Waals surface area contributed by atoms with Crippen molar-refractivity contribution in [2.24, 2.45) is 10.2 Å². The Morgan fingerprint density at radius 1 is 1.11 bits per heavy atom. The van der Waals surface area contributed by atoms with Gasteiger partial charge in [-0.1, -0.05) is 36.8 Å². The van der Waals surface area contributed by atoms with E-state index in [1.807, 2.05) is 18.2 Å². The lowest BCUT2D eigenvalue weighted by Crippen LogP contribution is -2.40. The Labute approximate surface area is 113 Å². The van der Waals surface area contributed by atoms with E-state index in [9.17, 15) is 0 Å². The molecule has 4 nitrogen and oxygen atoms in total. The molecule has 19 heavy (non-hydrogen) atoms. The first-order valence-corrected chi connectivity index (χ1v) is 6.99. The first-order chi connectivity index (χ1) is 9.26. The zero-order chi connectivity index (χ0) is 13.2. The second kappa shape index (κ2) is 5.02.